The highest BCUT2D eigenvalue weighted by atomic mass is 16.5. The molecule has 1 spiro atoms. The van der Waals surface area contributed by atoms with Crippen LogP contribution >= 0.6 is 0 Å². The van der Waals surface area contributed by atoms with Gasteiger partial charge in [0.2, 0.25) is 0 Å². The van der Waals surface area contributed by atoms with E-state index in [-0.39, 0.29) is 12.0 Å². The number of ether oxygens (including phenoxy) is 2. The molecule has 6 heterocycles. The van der Waals surface area contributed by atoms with Gasteiger partial charge in [0, 0.05) is 84.0 Å². The van der Waals surface area contributed by atoms with Crippen LogP contribution in [-0.4, -0.2) is 125 Å². The number of benzene rings is 2. The molecule has 5 aliphatic heterocycles. The van der Waals surface area contributed by atoms with Crippen LogP contribution in [0.2, 0.25) is 0 Å². The van der Waals surface area contributed by atoms with E-state index in [0.717, 1.165) is 40.0 Å². The fourth-order valence-corrected chi connectivity index (χ4v) is 13.1. The average molecular weight is 769 g/mol. The Morgan fingerprint density at radius 2 is 1.84 bits per heavy atom. The number of carbonyl (C=O) groups excluding carboxylic acids is 2. The average Bonchev–Trinajstić information content (AvgIpc) is 3.87. The Labute approximate surface area is 327 Å². The maximum Gasteiger partial charge on any atom is 0.322 e. The molecule has 10 atom stereocenters. The van der Waals surface area contributed by atoms with Gasteiger partial charge in [0.25, 0.3) is 5.91 Å². The zero-order valence-electron chi connectivity index (χ0n) is 33.1. The molecule has 13 nitrogen and oxygen atoms in total. The molecule has 1 saturated carbocycles. The molecule has 9 rings (SSSR count). The number of nitrogens with zero attached hydrogens (tertiary/aromatic N) is 3. The number of H-pyrrole nitrogens is 1. The Balaban J connectivity index is 1.36. The van der Waals surface area contributed by atoms with Gasteiger partial charge in [0.05, 0.1) is 25.9 Å². The van der Waals surface area contributed by atoms with Crippen molar-refractivity contribution in [1.82, 2.24) is 20.2 Å². The van der Waals surface area contributed by atoms with Crippen LogP contribution in [0.3, 0.4) is 0 Å². The maximum absolute atomic E-state index is 15.2. The topological polar surface area (TPSA) is 177 Å². The molecule has 1 amide bonds. The number of aliphatic hydroxyl groups excluding tert-OH is 1. The number of nitrogens with one attached hydrogen (secondary N) is 2. The van der Waals surface area contributed by atoms with E-state index in [1.165, 1.54) is 7.11 Å². The van der Waals surface area contributed by atoms with Crippen LogP contribution in [0.25, 0.3) is 10.9 Å². The van der Waals surface area contributed by atoms with Crippen molar-refractivity contribution in [2.75, 3.05) is 58.9 Å². The number of aromatic nitrogens is 1. The number of hydrogen-bond acceptors (Lipinski definition) is 11. The van der Waals surface area contributed by atoms with Gasteiger partial charge in [-0.05, 0) is 74.2 Å². The molecule has 2 bridgehead atoms. The quantitative estimate of drug-likeness (QED) is 0.0714. The van der Waals surface area contributed by atoms with E-state index in [0.29, 0.717) is 76.0 Å². The highest BCUT2D eigenvalue weighted by Crippen LogP contribution is 2.67. The minimum Gasteiger partial charge on any atom is -0.496 e. The number of carbonyl (C=O) groups is 2. The van der Waals surface area contributed by atoms with Crippen molar-refractivity contribution in [2.45, 2.75) is 92.6 Å². The first kappa shape index (κ1) is 37.6. The Kier molecular flexibility index (Phi) is 8.56. The van der Waals surface area contributed by atoms with E-state index in [9.17, 15) is 20.1 Å². The molecule has 56 heavy (non-hydrogen) atoms. The second kappa shape index (κ2) is 12.8. The number of esters is 1. The lowest BCUT2D eigenvalue weighted by molar-refractivity contribution is -0.203. The third-order valence-electron chi connectivity index (χ3n) is 15.3. The van der Waals surface area contributed by atoms with Gasteiger partial charge >= 0.3 is 5.97 Å². The Hall–Kier alpha value is -3.98. The number of fused-ring (bicyclic) bond motifs is 6. The van der Waals surface area contributed by atoms with E-state index >= 15 is 4.79 Å². The zero-order valence-corrected chi connectivity index (χ0v) is 33.1. The number of para-hydroxylation sites is 1. The fourth-order valence-electron chi connectivity index (χ4n) is 13.1. The van der Waals surface area contributed by atoms with Crippen molar-refractivity contribution in [3.63, 3.8) is 0 Å². The second-order valence-electron chi connectivity index (χ2n) is 17.6. The molecule has 1 unspecified atom stereocenters. The van der Waals surface area contributed by atoms with Crippen molar-refractivity contribution < 1.29 is 34.4 Å². The number of aromatic amines is 1. The number of hydrogen-bond donors (Lipinski definition) is 6. The lowest BCUT2D eigenvalue weighted by Crippen LogP contribution is -2.82. The maximum atomic E-state index is 15.2. The Bertz CT molecular complexity index is 2140. The minimum absolute atomic E-state index is 0.0851. The van der Waals surface area contributed by atoms with Gasteiger partial charge in [-0.25, -0.2) is 5.84 Å². The van der Waals surface area contributed by atoms with Gasteiger partial charge in [-0.1, -0.05) is 44.2 Å². The molecular formula is C43H56N6O7. The number of methoxy groups -OCH3 is 2. The molecule has 2 saturated heterocycles. The van der Waals surface area contributed by atoms with Crippen LogP contribution in [-0.2, 0) is 31.6 Å². The van der Waals surface area contributed by atoms with Gasteiger partial charge in [-0.2, -0.15) is 0 Å². The number of likely N-dealkylation sites (N-methyl/N-ethyl adjacent to an activating group) is 1. The first-order valence-electron chi connectivity index (χ1n) is 20.3. The molecule has 2 aromatic carbocycles. The predicted octanol–water partition coefficient (Wildman–Crippen LogP) is 2.24. The van der Waals surface area contributed by atoms with Gasteiger partial charge in [0.15, 0.2) is 5.60 Å². The molecule has 3 aromatic rings. The lowest BCUT2D eigenvalue weighted by atomic mass is 9.47. The molecular weight excluding hydrogens is 713 g/mol. The van der Waals surface area contributed by atoms with Crippen molar-refractivity contribution in [2.24, 2.45) is 17.2 Å². The van der Waals surface area contributed by atoms with E-state index in [1.807, 2.05) is 62.2 Å². The number of aliphatic hydroxyl groups is 3. The van der Waals surface area contributed by atoms with Crippen molar-refractivity contribution in [1.29, 1.82) is 0 Å². The van der Waals surface area contributed by atoms with Crippen LogP contribution in [0.15, 0.2) is 48.6 Å². The molecule has 13 heteroatoms. The first-order chi connectivity index (χ1) is 26.8. The van der Waals surface area contributed by atoms with Crippen LogP contribution in [0.4, 0.5) is 5.69 Å². The van der Waals surface area contributed by atoms with E-state index < -0.39 is 51.5 Å². The summed E-state index contributed by atoms with van der Waals surface area (Å²) < 4.78 is 12.2. The van der Waals surface area contributed by atoms with Crippen molar-refractivity contribution in [3.8, 4) is 5.75 Å². The summed E-state index contributed by atoms with van der Waals surface area (Å²) in [4.78, 5) is 39.7. The molecule has 300 valence electrons. The number of amides is 1. The van der Waals surface area contributed by atoms with E-state index in [4.69, 9.17) is 15.3 Å². The SMILES string of the molecule is CC[C@]1(O)C[C@H]2CN(CCc3c([nH]c4ccccc34)[C@@](C(=O)OC)(c3cc4c(cc3OC)N(C)[C@H]3[C@@](O)(C(=O)NN)[C@H](O)[C@]5(CC)C=CCN6CC[C@]43[C@@H]65)C2)C1. The normalized spacial score (nSPS) is 38.4. The Morgan fingerprint density at radius 3 is 2.55 bits per heavy atom. The predicted molar refractivity (Wildman–Crippen MR) is 211 cm³/mol. The minimum atomic E-state index is -2.31. The summed E-state index contributed by atoms with van der Waals surface area (Å²) in [7, 11) is 4.89. The van der Waals surface area contributed by atoms with Gasteiger partial charge < -0.3 is 34.7 Å². The van der Waals surface area contributed by atoms with E-state index in [1.54, 1.807) is 7.11 Å². The van der Waals surface area contributed by atoms with Crippen LogP contribution < -0.4 is 20.9 Å². The standard InChI is InChI=1S/C43H56N6O7/c1-6-39(53)21-25-22-42(38(52)56-5,33-27(13-17-48(23-25)24-39)26-11-8-9-12-30(26)45-33)29-19-28-31(20-32(29)55-4)47(3)35-41(28)15-18-49-16-10-14-40(7-2,34(41)49)36(50)43(35,54)37(51)46-44/h8-12,14,19-20,25,34-36,45,50,53-54H,6-7,13,15-18,21-24,44H2,1-5H3,(H,46,51)/t25-,34+,35-,36-,39+,40-,41-,42+,43+/m1/s1. The molecule has 1 aliphatic carbocycles. The number of hydrazine groups is 1. The summed E-state index contributed by atoms with van der Waals surface area (Å²) in [5, 5.41) is 38.3. The largest absolute Gasteiger partial charge is 0.496 e. The number of rotatable bonds is 6. The highest BCUT2D eigenvalue weighted by Gasteiger charge is 2.78. The summed E-state index contributed by atoms with van der Waals surface area (Å²) >= 11 is 0. The van der Waals surface area contributed by atoms with Crippen LogP contribution in [0.1, 0.15) is 68.3 Å². The van der Waals surface area contributed by atoms with Gasteiger partial charge in [-0.3, -0.25) is 24.8 Å². The summed E-state index contributed by atoms with van der Waals surface area (Å²) in [6.45, 7) is 7.36. The smallest absolute Gasteiger partial charge is 0.322 e. The molecule has 0 radical (unpaired) electrons. The molecule has 1 aromatic heterocycles. The molecule has 7 N–H and O–H groups in total. The molecule has 6 aliphatic rings. The van der Waals surface area contributed by atoms with Crippen molar-refractivity contribution in [3.05, 3.63) is 70.9 Å². The first-order valence-corrected chi connectivity index (χ1v) is 20.3. The summed E-state index contributed by atoms with van der Waals surface area (Å²) in [5.41, 5.74) is 0.683. The summed E-state index contributed by atoms with van der Waals surface area (Å²) in [5.74, 6) is 4.94. The van der Waals surface area contributed by atoms with Crippen LogP contribution in [0, 0.1) is 11.3 Å². The fraction of sp³-hybridized carbons (Fsp3) is 0.581. The molecule has 3 fully saturated rings. The van der Waals surface area contributed by atoms with Crippen molar-refractivity contribution >= 4 is 28.5 Å². The number of nitrogens with two attached hydrogens (primary N) is 1. The number of anilines is 1. The van der Waals surface area contributed by atoms with Gasteiger partial charge in [-0.15, -0.1) is 0 Å². The number of piperidine rings is 1. The Morgan fingerprint density at radius 1 is 1.05 bits per heavy atom. The highest BCUT2D eigenvalue weighted by molar-refractivity contribution is 5.95. The summed E-state index contributed by atoms with van der Waals surface area (Å²) in [6, 6.07) is 11.0. The third-order valence-corrected chi connectivity index (χ3v) is 15.3. The third kappa shape index (κ3) is 4.58. The lowest BCUT2D eigenvalue weighted by Gasteiger charge is -2.63. The second-order valence-corrected chi connectivity index (χ2v) is 17.6. The van der Waals surface area contributed by atoms with Gasteiger partial charge in [0.1, 0.15) is 17.3 Å². The summed E-state index contributed by atoms with van der Waals surface area (Å²) in [6.07, 6.45) is 5.73. The van der Waals surface area contributed by atoms with E-state index in [2.05, 4.69) is 32.3 Å². The zero-order chi connectivity index (χ0) is 39.6. The monoisotopic (exact) mass is 768 g/mol. The van der Waals surface area contributed by atoms with Crippen LogP contribution in [0.5, 0.6) is 5.75 Å².